The number of sulfonamides is 1. The average molecular weight is 354 g/mol. The molecule has 134 valence electrons. The van der Waals surface area contributed by atoms with Gasteiger partial charge in [0.25, 0.3) is 0 Å². The molecule has 1 aliphatic heterocycles. The third-order valence-electron chi connectivity index (χ3n) is 4.23. The van der Waals surface area contributed by atoms with Crippen molar-refractivity contribution in [3.63, 3.8) is 0 Å². The van der Waals surface area contributed by atoms with E-state index in [0.717, 1.165) is 24.2 Å². The van der Waals surface area contributed by atoms with Crippen LogP contribution in [0, 0.1) is 5.92 Å². The molecule has 0 spiro atoms. The van der Waals surface area contributed by atoms with Gasteiger partial charge in [-0.15, -0.1) is 0 Å². The van der Waals surface area contributed by atoms with Crippen LogP contribution in [-0.4, -0.2) is 56.5 Å². The summed E-state index contributed by atoms with van der Waals surface area (Å²) in [5.41, 5.74) is 1.02. The number of carbonyl (C=O) groups is 1. The van der Waals surface area contributed by atoms with E-state index in [1.807, 2.05) is 31.2 Å². The lowest BCUT2D eigenvalue weighted by Crippen LogP contribution is -2.45. The van der Waals surface area contributed by atoms with Gasteiger partial charge in [0, 0.05) is 26.7 Å². The maximum absolute atomic E-state index is 12.6. The lowest BCUT2D eigenvalue weighted by molar-refractivity contribution is -0.135. The Balaban J connectivity index is 1.96. The van der Waals surface area contributed by atoms with Gasteiger partial charge in [-0.2, -0.15) is 0 Å². The van der Waals surface area contributed by atoms with Gasteiger partial charge in [0.15, 0.2) is 0 Å². The van der Waals surface area contributed by atoms with E-state index in [2.05, 4.69) is 0 Å². The molecule has 0 N–H and O–H groups in total. The summed E-state index contributed by atoms with van der Waals surface area (Å²) < 4.78 is 30.2. The first-order valence-corrected chi connectivity index (χ1v) is 10.1. The topological polar surface area (TPSA) is 66.9 Å². The largest absolute Gasteiger partial charge is 0.494 e. The quantitative estimate of drug-likeness (QED) is 0.780. The van der Waals surface area contributed by atoms with E-state index in [1.54, 1.807) is 11.9 Å². The third-order valence-corrected chi connectivity index (χ3v) is 5.50. The summed E-state index contributed by atoms with van der Waals surface area (Å²) in [6, 6.07) is 7.67. The smallest absolute Gasteiger partial charge is 0.227 e. The molecule has 6 nitrogen and oxygen atoms in total. The van der Waals surface area contributed by atoms with E-state index in [-0.39, 0.29) is 18.4 Å². The normalized spacial score (nSPS) is 19.0. The second kappa shape index (κ2) is 7.98. The van der Waals surface area contributed by atoms with Crippen LogP contribution >= 0.6 is 0 Å². The van der Waals surface area contributed by atoms with Crippen LogP contribution in [0.25, 0.3) is 0 Å². The monoisotopic (exact) mass is 354 g/mol. The molecular formula is C17H26N2O4S. The molecule has 1 atom stereocenters. The van der Waals surface area contributed by atoms with Gasteiger partial charge in [-0.3, -0.25) is 4.79 Å². The van der Waals surface area contributed by atoms with Gasteiger partial charge in [-0.05, 0) is 37.5 Å². The van der Waals surface area contributed by atoms with Crippen LogP contribution in [0.2, 0.25) is 0 Å². The fraction of sp³-hybridized carbons (Fsp3) is 0.588. The summed E-state index contributed by atoms with van der Waals surface area (Å²) in [6.45, 7) is 3.84. The number of hydrogen-bond donors (Lipinski definition) is 0. The van der Waals surface area contributed by atoms with Crippen molar-refractivity contribution < 1.29 is 17.9 Å². The molecule has 0 radical (unpaired) electrons. The van der Waals surface area contributed by atoms with E-state index in [9.17, 15) is 13.2 Å². The highest BCUT2D eigenvalue weighted by molar-refractivity contribution is 7.88. The fourth-order valence-electron chi connectivity index (χ4n) is 2.97. The van der Waals surface area contributed by atoms with Crippen LogP contribution in [-0.2, 0) is 21.4 Å². The molecule has 0 aromatic heterocycles. The van der Waals surface area contributed by atoms with Crippen LogP contribution in [0.15, 0.2) is 24.3 Å². The maximum atomic E-state index is 12.6. The summed E-state index contributed by atoms with van der Waals surface area (Å²) in [4.78, 5) is 14.3. The van der Waals surface area contributed by atoms with Crippen molar-refractivity contribution in [2.75, 3.05) is 33.0 Å². The first-order chi connectivity index (χ1) is 11.3. The Morgan fingerprint density at radius 2 is 2.00 bits per heavy atom. The molecule has 1 heterocycles. The van der Waals surface area contributed by atoms with Crippen molar-refractivity contribution in [2.24, 2.45) is 5.92 Å². The predicted octanol–water partition coefficient (Wildman–Crippen LogP) is 1.72. The number of piperidine rings is 1. The van der Waals surface area contributed by atoms with Crippen LogP contribution in [0.4, 0.5) is 0 Å². The second-order valence-corrected chi connectivity index (χ2v) is 8.21. The second-order valence-electron chi connectivity index (χ2n) is 6.23. The molecule has 24 heavy (non-hydrogen) atoms. The van der Waals surface area contributed by atoms with E-state index < -0.39 is 10.0 Å². The zero-order valence-corrected chi connectivity index (χ0v) is 15.4. The summed E-state index contributed by atoms with van der Waals surface area (Å²) in [5, 5.41) is 0. The fourth-order valence-corrected chi connectivity index (χ4v) is 3.88. The molecule has 1 unspecified atom stereocenters. The van der Waals surface area contributed by atoms with Crippen LogP contribution in [0.1, 0.15) is 25.3 Å². The van der Waals surface area contributed by atoms with E-state index >= 15 is 0 Å². The number of hydrogen-bond acceptors (Lipinski definition) is 4. The van der Waals surface area contributed by atoms with Gasteiger partial charge in [-0.25, -0.2) is 12.7 Å². The highest BCUT2D eigenvalue weighted by atomic mass is 32.2. The number of carbonyl (C=O) groups excluding carboxylic acids is 1. The Morgan fingerprint density at radius 1 is 1.33 bits per heavy atom. The minimum atomic E-state index is -3.24. The lowest BCUT2D eigenvalue weighted by Gasteiger charge is -2.32. The standard InChI is InChI=1S/C17H26N2O4S/c1-4-23-16-9-7-14(8-10-16)12-18(2)17(20)15-6-5-11-19(13-15)24(3,21)22/h7-10,15H,4-6,11-13H2,1-3H3. The zero-order chi connectivity index (χ0) is 17.7. The van der Waals surface area contributed by atoms with Crippen molar-refractivity contribution in [1.29, 1.82) is 0 Å². The molecule has 1 aromatic rings. The number of rotatable bonds is 6. The number of nitrogens with zero attached hydrogens (tertiary/aromatic N) is 2. The van der Waals surface area contributed by atoms with Crippen molar-refractivity contribution in [3.8, 4) is 5.75 Å². The van der Waals surface area contributed by atoms with Crippen LogP contribution in [0.3, 0.4) is 0 Å². The Kier molecular flexibility index (Phi) is 6.23. The first kappa shape index (κ1) is 18.7. The average Bonchev–Trinajstić information content (AvgIpc) is 2.55. The minimum absolute atomic E-state index is 0.00256. The predicted molar refractivity (Wildman–Crippen MR) is 93.2 cm³/mol. The lowest BCUT2D eigenvalue weighted by atomic mass is 9.98. The molecule has 7 heteroatoms. The van der Waals surface area contributed by atoms with E-state index in [1.165, 1.54) is 10.6 Å². The Hall–Kier alpha value is -1.60. The molecule has 1 saturated heterocycles. The Labute approximate surface area is 144 Å². The zero-order valence-electron chi connectivity index (χ0n) is 14.6. The third kappa shape index (κ3) is 4.95. The van der Waals surface area contributed by atoms with Gasteiger partial charge in [0.2, 0.25) is 15.9 Å². The van der Waals surface area contributed by atoms with Gasteiger partial charge < -0.3 is 9.64 Å². The number of amides is 1. The van der Waals surface area contributed by atoms with Crippen molar-refractivity contribution in [2.45, 2.75) is 26.3 Å². The Morgan fingerprint density at radius 3 is 2.58 bits per heavy atom. The number of ether oxygens (including phenoxy) is 1. The molecule has 2 rings (SSSR count). The van der Waals surface area contributed by atoms with Gasteiger partial charge in [0.05, 0.1) is 18.8 Å². The first-order valence-electron chi connectivity index (χ1n) is 8.23. The molecule has 1 aromatic carbocycles. The van der Waals surface area contributed by atoms with Crippen molar-refractivity contribution >= 4 is 15.9 Å². The minimum Gasteiger partial charge on any atom is -0.494 e. The van der Waals surface area contributed by atoms with E-state index in [4.69, 9.17) is 4.74 Å². The van der Waals surface area contributed by atoms with Crippen molar-refractivity contribution in [1.82, 2.24) is 9.21 Å². The maximum Gasteiger partial charge on any atom is 0.227 e. The summed E-state index contributed by atoms with van der Waals surface area (Å²) >= 11 is 0. The van der Waals surface area contributed by atoms with Crippen LogP contribution in [0.5, 0.6) is 5.75 Å². The highest BCUT2D eigenvalue weighted by Crippen LogP contribution is 2.21. The molecule has 0 bridgehead atoms. The SMILES string of the molecule is CCOc1ccc(CN(C)C(=O)C2CCCN(S(C)(=O)=O)C2)cc1. The summed E-state index contributed by atoms with van der Waals surface area (Å²) in [7, 11) is -1.48. The molecule has 0 aliphatic carbocycles. The molecule has 1 aliphatic rings. The van der Waals surface area contributed by atoms with Crippen LogP contribution < -0.4 is 4.74 Å². The van der Waals surface area contributed by atoms with Gasteiger partial charge >= 0.3 is 0 Å². The van der Waals surface area contributed by atoms with Gasteiger partial charge in [0.1, 0.15) is 5.75 Å². The van der Waals surface area contributed by atoms with Crippen molar-refractivity contribution in [3.05, 3.63) is 29.8 Å². The molecular weight excluding hydrogens is 328 g/mol. The summed E-state index contributed by atoms with van der Waals surface area (Å²) in [6.07, 6.45) is 2.66. The molecule has 1 fully saturated rings. The molecule has 1 amide bonds. The highest BCUT2D eigenvalue weighted by Gasteiger charge is 2.31. The number of benzene rings is 1. The van der Waals surface area contributed by atoms with E-state index in [0.29, 0.717) is 19.7 Å². The molecule has 0 saturated carbocycles. The summed E-state index contributed by atoms with van der Waals surface area (Å²) in [5.74, 6) is 0.546. The van der Waals surface area contributed by atoms with Gasteiger partial charge in [-0.1, -0.05) is 12.1 Å². The Bertz CT molecular complexity index is 658.